The lowest BCUT2D eigenvalue weighted by atomic mass is 10.0. The minimum Gasteiger partial charge on any atom is -0.477 e. The average molecular weight is 827 g/mol. The summed E-state index contributed by atoms with van der Waals surface area (Å²) in [7, 11) is 5.51. The number of carboxylic acids is 1. The van der Waals surface area contributed by atoms with Crippen molar-refractivity contribution >= 4 is 17.9 Å². The van der Waals surface area contributed by atoms with Crippen molar-refractivity contribution in [2.24, 2.45) is 0 Å². The van der Waals surface area contributed by atoms with Gasteiger partial charge in [0.05, 0.1) is 34.4 Å². The lowest BCUT2D eigenvalue weighted by Gasteiger charge is -2.31. The van der Waals surface area contributed by atoms with E-state index in [2.05, 4.69) is 86.8 Å². The molecule has 2 atom stereocenters. The fourth-order valence-corrected chi connectivity index (χ4v) is 6.53. The van der Waals surface area contributed by atoms with Gasteiger partial charge in [-0.1, -0.05) is 157 Å². The van der Waals surface area contributed by atoms with Crippen LogP contribution >= 0.6 is 0 Å². The van der Waals surface area contributed by atoms with Gasteiger partial charge in [-0.05, 0) is 77.0 Å². The highest BCUT2D eigenvalue weighted by molar-refractivity contribution is 5.72. The van der Waals surface area contributed by atoms with Gasteiger partial charge in [-0.2, -0.15) is 0 Å². The Morgan fingerprint density at radius 3 is 1.36 bits per heavy atom. The van der Waals surface area contributed by atoms with Gasteiger partial charge < -0.3 is 23.8 Å². The van der Waals surface area contributed by atoms with Crippen LogP contribution < -0.4 is 0 Å². The summed E-state index contributed by atoms with van der Waals surface area (Å²) in [5, 5.41) is 9.63. The number of aliphatic carboxylic acids is 1. The molecule has 8 nitrogen and oxygen atoms in total. The second-order valence-electron chi connectivity index (χ2n) is 16.6. The van der Waals surface area contributed by atoms with Crippen LogP contribution in [0, 0.1) is 0 Å². The van der Waals surface area contributed by atoms with Crippen molar-refractivity contribution in [1.29, 1.82) is 0 Å². The van der Waals surface area contributed by atoms with Crippen LogP contribution in [0.3, 0.4) is 0 Å². The van der Waals surface area contributed by atoms with Crippen LogP contribution in [0.25, 0.3) is 0 Å². The zero-order valence-electron chi connectivity index (χ0n) is 38.4. The van der Waals surface area contributed by atoms with E-state index in [1.807, 2.05) is 21.1 Å². The molecule has 0 rings (SSSR count). The second kappa shape index (κ2) is 41.5. The first-order valence-corrected chi connectivity index (χ1v) is 23.5. The first-order chi connectivity index (χ1) is 28.6. The molecule has 338 valence electrons. The second-order valence-corrected chi connectivity index (χ2v) is 16.6. The summed E-state index contributed by atoms with van der Waals surface area (Å²) in [6.07, 6.45) is 52.5. The molecule has 0 radical (unpaired) electrons. The smallest absolute Gasteiger partial charge is 0.362 e. The van der Waals surface area contributed by atoms with Crippen molar-refractivity contribution in [2.75, 3.05) is 41.0 Å². The number of hydrogen-bond acceptors (Lipinski definition) is 6. The molecule has 8 heteroatoms. The molecule has 0 bridgehead atoms. The molecule has 0 fully saturated rings. The highest BCUT2D eigenvalue weighted by Crippen LogP contribution is 2.15. The van der Waals surface area contributed by atoms with Crippen LogP contribution in [-0.4, -0.2) is 80.6 Å². The zero-order chi connectivity index (χ0) is 43.5. The lowest BCUT2D eigenvalue weighted by Crippen LogP contribution is -2.50. The Hall–Kier alpha value is -3.23. The molecule has 0 spiro atoms. The topological polar surface area (TPSA) is 99.1 Å². The quantitative estimate of drug-likeness (QED) is 0.0284. The summed E-state index contributed by atoms with van der Waals surface area (Å²) in [5.74, 6) is -1.52. The SMILES string of the molecule is CC/C=C/C/C=C/C/C=C/CCCCCCCCCCCCCCCC(=O)OC(COCCC(C(=O)O)[N+](C)(C)C)COC(=O)CCCC/C=C/C/C=C/C/C=C/CC. The maximum Gasteiger partial charge on any atom is 0.362 e. The van der Waals surface area contributed by atoms with Gasteiger partial charge >= 0.3 is 17.9 Å². The number of nitrogens with zero attached hydrogens (tertiary/aromatic N) is 1. The van der Waals surface area contributed by atoms with E-state index in [0.29, 0.717) is 19.3 Å². The van der Waals surface area contributed by atoms with Gasteiger partial charge in [-0.3, -0.25) is 9.59 Å². The number of unbranched alkanes of at least 4 members (excludes halogenated alkanes) is 15. The van der Waals surface area contributed by atoms with E-state index in [-0.39, 0.29) is 36.2 Å². The van der Waals surface area contributed by atoms with Crippen LogP contribution in [0.2, 0.25) is 0 Å². The molecule has 1 N–H and O–H groups in total. The van der Waals surface area contributed by atoms with Crippen LogP contribution in [0.15, 0.2) is 72.9 Å². The molecular weight excluding hydrogens is 739 g/mol. The maximum atomic E-state index is 12.8. The molecule has 0 amide bonds. The number of quaternary nitrogens is 1. The number of hydrogen-bond donors (Lipinski definition) is 1. The normalized spacial score (nSPS) is 13.6. The number of carboxylic acid groups (broad SMARTS) is 1. The van der Waals surface area contributed by atoms with E-state index in [0.717, 1.165) is 77.0 Å². The lowest BCUT2D eigenvalue weighted by molar-refractivity contribution is -0.887. The minimum atomic E-state index is -0.882. The monoisotopic (exact) mass is 827 g/mol. The minimum absolute atomic E-state index is 0.0460. The summed E-state index contributed by atoms with van der Waals surface area (Å²) in [6, 6.07) is -0.623. The summed E-state index contributed by atoms with van der Waals surface area (Å²) in [5.41, 5.74) is 0. The Kier molecular flexibility index (Phi) is 39.2. The highest BCUT2D eigenvalue weighted by atomic mass is 16.6. The molecule has 0 aromatic heterocycles. The number of carbonyl (C=O) groups excluding carboxylic acids is 2. The van der Waals surface area contributed by atoms with E-state index in [4.69, 9.17) is 14.2 Å². The van der Waals surface area contributed by atoms with Gasteiger partial charge in [-0.25, -0.2) is 4.79 Å². The Labute approximate surface area is 361 Å². The van der Waals surface area contributed by atoms with E-state index in [1.54, 1.807) is 0 Å². The number of esters is 2. The third-order valence-electron chi connectivity index (χ3n) is 10.1. The van der Waals surface area contributed by atoms with Gasteiger partial charge in [0.2, 0.25) is 0 Å². The molecule has 0 aliphatic heterocycles. The Morgan fingerprint density at radius 1 is 0.508 bits per heavy atom. The summed E-state index contributed by atoms with van der Waals surface area (Å²) in [6.45, 7) is 4.46. The van der Waals surface area contributed by atoms with E-state index >= 15 is 0 Å². The molecule has 2 unspecified atom stereocenters. The van der Waals surface area contributed by atoms with Crippen molar-refractivity contribution in [2.45, 2.75) is 193 Å². The van der Waals surface area contributed by atoms with Crippen molar-refractivity contribution < 1.29 is 38.2 Å². The zero-order valence-corrected chi connectivity index (χ0v) is 38.4. The maximum absolute atomic E-state index is 12.8. The van der Waals surface area contributed by atoms with Gasteiger partial charge in [0.15, 0.2) is 12.1 Å². The molecule has 0 aromatic rings. The number of ether oxygens (including phenoxy) is 3. The van der Waals surface area contributed by atoms with E-state index in [9.17, 15) is 19.5 Å². The average Bonchev–Trinajstić information content (AvgIpc) is 3.19. The fraction of sp³-hybridized carbons (Fsp3) is 0.706. The number of allylic oxidation sites excluding steroid dienone is 12. The first kappa shape index (κ1) is 55.8. The molecule has 0 aromatic carbocycles. The number of rotatable bonds is 41. The number of carbonyl (C=O) groups is 3. The molecule has 0 saturated carbocycles. The van der Waals surface area contributed by atoms with Crippen molar-refractivity contribution in [1.82, 2.24) is 0 Å². The summed E-state index contributed by atoms with van der Waals surface area (Å²) >= 11 is 0. The van der Waals surface area contributed by atoms with Crippen LogP contribution in [0.1, 0.15) is 181 Å². The van der Waals surface area contributed by atoms with Crippen molar-refractivity contribution in [3.63, 3.8) is 0 Å². The molecule has 0 aliphatic carbocycles. The third-order valence-corrected chi connectivity index (χ3v) is 10.1. The van der Waals surface area contributed by atoms with E-state index < -0.39 is 18.1 Å². The predicted octanol–water partition coefficient (Wildman–Crippen LogP) is 13.1. The van der Waals surface area contributed by atoms with Gasteiger partial charge in [0.25, 0.3) is 0 Å². The molecule has 0 heterocycles. The van der Waals surface area contributed by atoms with Gasteiger partial charge in [0.1, 0.15) is 6.61 Å². The van der Waals surface area contributed by atoms with E-state index in [1.165, 1.54) is 70.6 Å². The standard InChI is InChI=1S/C51H87NO7/c1-6-8-10-12-14-16-18-20-21-22-23-24-25-26-27-28-29-30-32-34-36-38-40-42-50(54)59-47(45-57-44-43-48(51(55)56)52(3,4)5)46-58-49(53)41-39-37-35-33-31-19-17-15-13-11-9-7-2/h8-11,14-17,20-21,31,33,47-48H,6-7,12-13,18-19,22-30,32,34-46H2,1-5H3/p+1/b10-8+,11-9+,16-14+,17-15+,21-20+,33-31+. The predicted molar refractivity (Wildman–Crippen MR) is 247 cm³/mol. The van der Waals surface area contributed by atoms with Crippen molar-refractivity contribution in [3.8, 4) is 0 Å². The number of likely N-dealkylation sites (N-methyl/N-ethyl adjacent to an activating group) is 1. The van der Waals surface area contributed by atoms with Crippen LogP contribution in [0.4, 0.5) is 0 Å². The molecular formula is C51H88NO7+. The molecule has 0 aliphatic rings. The van der Waals surface area contributed by atoms with Crippen LogP contribution in [0.5, 0.6) is 0 Å². The highest BCUT2D eigenvalue weighted by Gasteiger charge is 2.31. The fourth-order valence-electron chi connectivity index (χ4n) is 6.53. The Balaban J connectivity index is 4.26. The Morgan fingerprint density at radius 2 is 0.898 bits per heavy atom. The van der Waals surface area contributed by atoms with Crippen molar-refractivity contribution in [3.05, 3.63) is 72.9 Å². The Bertz CT molecular complexity index is 1190. The molecule has 59 heavy (non-hydrogen) atoms. The van der Waals surface area contributed by atoms with Crippen LogP contribution in [-0.2, 0) is 28.6 Å². The summed E-state index contributed by atoms with van der Waals surface area (Å²) < 4.78 is 17.2. The summed E-state index contributed by atoms with van der Waals surface area (Å²) in [4.78, 5) is 37.0. The molecule has 0 saturated heterocycles. The third kappa shape index (κ3) is 40.0. The van der Waals surface area contributed by atoms with Gasteiger partial charge in [-0.15, -0.1) is 0 Å². The largest absolute Gasteiger partial charge is 0.477 e. The first-order valence-electron chi connectivity index (χ1n) is 23.5. The van der Waals surface area contributed by atoms with Gasteiger partial charge in [0, 0.05) is 19.3 Å².